The Hall–Kier alpha value is -2.80. The highest BCUT2D eigenvalue weighted by Crippen LogP contribution is 2.30. The number of fused-ring (bicyclic) bond motifs is 1. The second-order valence-electron chi connectivity index (χ2n) is 5.12. The van der Waals surface area contributed by atoms with E-state index < -0.39 is 0 Å². The molecule has 7 heteroatoms. The Morgan fingerprint density at radius 3 is 2.96 bits per heavy atom. The zero-order chi connectivity index (χ0) is 16.2. The fourth-order valence-corrected chi connectivity index (χ4v) is 2.56. The number of ether oxygens (including phenoxy) is 1. The number of hydrogen-bond acceptors (Lipinski definition) is 5. The lowest BCUT2D eigenvalue weighted by molar-refractivity contribution is -0.122. The van der Waals surface area contributed by atoms with Crippen LogP contribution in [0.4, 0.5) is 11.4 Å². The van der Waals surface area contributed by atoms with Crippen molar-refractivity contribution in [3.05, 3.63) is 48.0 Å². The van der Waals surface area contributed by atoms with Gasteiger partial charge in [0, 0.05) is 31.2 Å². The largest absolute Gasteiger partial charge is 0.375 e. The number of aromatic nitrogens is 2. The molecule has 1 aromatic carbocycles. The molecule has 1 aliphatic rings. The number of nitrogens with zero attached hydrogens (tertiary/aromatic N) is 3. The molecule has 7 nitrogen and oxygen atoms in total. The van der Waals surface area contributed by atoms with Gasteiger partial charge in [-0.05, 0) is 36.2 Å². The lowest BCUT2D eigenvalue weighted by atomic mass is 10.1. The Balaban J connectivity index is 1.75. The fourth-order valence-electron chi connectivity index (χ4n) is 2.56. The number of benzene rings is 1. The van der Waals surface area contributed by atoms with Crippen LogP contribution in [0.3, 0.4) is 0 Å². The Labute approximate surface area is 133 Å². The molecule has 0 spiro atoms. The molecule has 118 valence electrons. The van der Waals surface area contributed by atoms with Crippen LogP contribution in [0, 0.1) is 0 Å². The normalized spacial score (nSPS) is 12.8. The molecule has 0 unspecified atom stereocenters. The van der Waals surface area contributed by atoms with Crippen LogP contribution in [-0.2, 0) is 16.0 Å². The summed E-state index contributed by atoms with van der Waals surface area (Å²) in [5.41, 5.74) is 2.87. The number of nitrogens with one attached hydrogen (secondary N) is 1. The van der Waals surface area contributed by atoms with Crippen LogP contribution in [0.2, 0.25) is 0 Å². The third-order valence-electron chi connectivity index (χ3n) is 3.62. The number of amides is 2. The second kappa shape index (κ2) is 6.53. The summed E-state index contributed by atoms with van der Waals surface area (Å²) in [6.45, 7) is 0.687. The van der Waals surface area contributed by atoms with Crippen LogP contribution in [-0.4, -0.2) is 42.0 Å². The smallest absolute Gasteiger partial charge is 0.274 e. The number of anilines is 2. The maximum Gasteiger partial charge on any atom is 0.274 e. The zero-order valence-corrected chi connectivity index (χ0v) is 12.7. The average molecular weight is 312 g/mol. The molecule has 1 aromatic heterocycles. The van der Waals surface area contributed by atoms with Crippen LogP contribution in [0.15, 0.2) is 36.8 Å². The topological polar surface area (TPSA) is 84.4 Å². The van der Waals surface area contributed by atoms with E-state index >= 15 is 0 Å². The van der Waals surface area contributed by atoms with Gasteiger partial charge in [0.2, 0.25) is 0 Å². The van der Waals surface area contributed by atoms with E-state index in [2.05, 4.69) is 15.3 Å². The molecule has 0 saturated heterocycles. The monoisotopic (exact) mass is 312 g/mol. The lowest BCUT2D eigenvalue weighted by Gasteiger charge is -2.17. The molecule has 0 radical (unpaired) electrons. The third-order valence-corrected chi connectivity index (χ3v) is 3.62. The minimum Gasteiger partial charge on any atom is -0.375 e. The van der Waals surface area contributed by atoms with Gasteiger partial charge in [0.1, 0.15) is 18.6 Å². The van der Waals surface area contributed by atoms with E-state index in [9.17, 15) is 9.59 Å². The number of rotatable bonds is 4. The first-order valence-electron chi connectivity index (χ1n) is 7.18. The van der Waals surface area contributed by atoms with E-state index in [0.717, 1.165) is 17.7 Å². The molecular weight excluding hydrogens is 296 g/mol. The van der Waals surface area contributed by atoms with Crippen molar-refractivity contribution in [2.45, 2.75) is 6.42 Å². The molecule has 3 rings (SSSR count). The molecule has 2 heterocycles. The van der Waals surface area contributed by atoms with Gasteiger partial charge in [0.25, 0.3) is 11.8 Å². The van der Waals surface area contributed by atoms with Crippen molar-refractivity contribution >= 4 is 23.2 Å². The first kappa shape index (κ1) is 15.1. The second-order valence-corrected chi connectivity index (χ2v) is 5.12. The van der Waals surface area contributed by atoms with Crippen molar-refractivity contribution in [3.8, 4) is 0 Å². The summed E-state index contributed by atoms with van der Waals surface area (Å²) in [5, 5.41) is 2.80. The summed E-state index contributed by atoms with van der Waals surface area (Å²) >= 11 is 0. The Kier molecular flexibility index (Phi) is 4.29. The van der Waals surface area contributed by atoms with Crippen molar-refractivity contribution in [3.63, 3.8) is 0 Å². The summed E-state index contributed by atoms with van der Waals surface area (Å²) in [6.07, 6.45) is 3.60. The number of methoxy groups -OCH3 is 1. The molecule has 0 aliphatic carbocycles. The molecule has 0 fully saturated rings. The highest BCUT2D eigenvalue weighted by atomic mass is 16.5. The number of carbonyl (C=O) groups excluding carboxylic acids is 2. The van der Waals surface area contributed by atoms with Gasteiger partial charge < -0.3 is 15.0 Å². The van der Waals surface area contributed by atoms with Gasteiger partial charge in [-0.2, -0.15) is 0 Å². The minimum absolute atomic E-state index is 0.0612. The fraction of sp³-hybridized carbons (Fsp3) is 0.250. The summed E-state index contributed by atoms with van der Waals surface area (Å²) in [5.74, 6) is -0.360. The van der Waals surface area contributed by atoms with Crippen LogP contribution in [0.1, 0.15) is 16.1 Å². The van der Waals surface area contributed by atoms with Gasteiger partial charge in [-0.25, -0.2) is 9.97 Å². The predicted molar refractivity (Wildman–Crippen MR) is 84.4 cm³/mol. The maximum absolute atomic E-state index is 12.1. The van der Waals surface area contributed by atoms with Gasteiger partial charge in [-0.3, -0.25) is 9.59 Å². The molecule has 1 N–H and O–H groups in total. The van der Waals surface area contributed by atoms with Crippen molar-refractivity contribution in [1.82, 2.24) is 9.97 Å². The SMILES string of the molecule is COCC(=O)N1CCc2cc(NC(=O)c3ccncn3)ccc21. The Morgan fingerprint density at radius 1 is 1.35 bits per heavy atom. The van der Waals surface area contributed by atoms with Crippen molar-refractivity contribution in [2.75, 3.05) is 30.5 Å². The van der Waals surface area contributed by atoms with Gasteiger partial charge >= 0.3 is 0 Å². The third kappa shape index (κ3) is 3.19. The summed E-state index contributed by atoms with van der Waals surface area (Å²) in [4.78, 5) is 33.5. The molecule has 0 bridgehead atoms. The van der Waals surface area contributed by atoms with E-state index in [-0.39, 0.29) is 18.4 Å². The highest BCUT2D eigenvalue weighted by Gasteiger charge is 2.24. The maximum atomic E-state index is 12.1. The molecule has 1 aliphatic heterocycles. The lowest BCUT2D eigenvalue weighted by Crippen LogP contribution is -2.31. The zero-order valence-electron chi connectivity index (χ0n) is 12.7. The first-order chi connectivity index (χ1) is 11.2. The van der Waals surface area contributed by atoms with Crippen LogP contribution in [0.25, 0.3) is 0 Å². The summed E-state index contributed by atoms with van der Waals surface area (Å²) in [7, 11) is 1.50. The van der Waals surface area contributed by atoms with E-state index in [1.54, 1.807) is 17.0 Å². The predicted octanol–water partition coefficient (Wildman–Crippen LogP) is 1.26. The standard InChI is InChI=1S/C16H16N4O3/c1-23-9-15(21)20-7-5-11-8-12(2-3-14(11)20)19-16(22)13-4-6-17-10-18-13/h2-4,6,8,10H,5,7,9H2,1H3,(H,19,22). The van der Waals surface area contributed by atoms with Crippen molar-refractivity contribution in [1.29, 1.82) is 0 Å². The van der Waals surface area contributed by atoms with Crippen LogP contribution in [0.5, 0.6) is 0 Å². The molecule has 0 atom stereocenters. The Morgan fingerprint density at radius 2 is 2.22 bits per heavy atom. The summed E-state index contributed by atoms with van der Waals surface area (Å²) < 4.78 is 4.90. The number of carbonyl (C=O) groups is 2. The highest BCUT2D eigenvalue weighted by molar-refractivity contribution is 6.03. The molecule has 2 amide bonds. The first-order valence-corrected chi connectivity index (χ1v) is 7.18. The summed E-state index contributed by atoms with van der Waals surface area (Å²) in [6, 6.07) is 7.05. The molecule has 0 saturated carbocycles. The van der Waals surface area contributed by atoms with Crippen molar-refractivity contribution < 1.29 is 14.3 Å². The number of hydrogen-bond donors (Lipinski definition) is 1. The van der Waals surface area contributed by atoms with Crippen molar-refractivity contribution in [2.24, 2.45) is 0 Å². The van der Waals surface area contributed by atoms with Gasteiger partial charge in [-0.1, -0.05) is 0 Å². The van der Waals surface area contributed by atoms with Gasteiger partial charge in [0.15, 0.2) is 0 Å². The molecular formula is C16H16N4O3. The van der Waals surface area contributed by atoms with E-state index in [4.69, 9.17) is 4.74 Å². The minimum atomic E-state index is -0.294. The van der Waals surface area contributed by atoms with Gasteiger partial charge in [0.05, 0.1) is 0 Å². The van der Waals surface area contributed by atoms with E-state index in [1.165, 1.54) is 19.6 Å². The Bertz CT molecular complexity index is 733. The van der Waals surface area contributed by atoms with Crippen LogP contribution >= 0.6 is 0 Å². The average Bonchev–Trinajstić information content (AvgIpc) is 2.99. The van der Waals surface area contributed by atoms with E-state index in [1.807, 2.05) is 12.1 Å². The van der Waals surface area contributed by atoms with Crippen LogP contribution < -0.4 is 10.2 Å². The van der Waals surface area contributed by atoms with E-state index in [0.29, 0.717) is 17.9 Å². The quantitative estimate of drug-likeness (QED) is 0.919. The van der Waals surface area contributed by atoms with Gasteiger partial charge in [-0.15, -0.1) is 0 Å². The molecule has 2 aromatic rings. The molecule has 23 heavy (non-hydrogen) atoms.